The van der Waals surface area contributed by atoms with Gasteiger partial charge in [0.15, 0.2) is 11.5 Å². The minimum absolute atomic E-state index is 0.0381. The number of carbonyl (C=O) groups is 1. The maximum atomic E-state index is 13.8. The molecule has 8 nitrogen and oxygen atoms in total. The summed E-state index contributed by atoms with van der Waals surface area (Å²) in [6.45, 7) is 9.04. The van der Waals surface area contributed by atoms with Gasteiger partial charge in [0, 0.05) is 6.54 Å². The summed E-state index contributed by atoms with van der Waals surface area (Å²) in [6, 6.07) is 18.0. The summed E-state index contributed by atoms with van der Waals surface area (Å²) in [5, 5.41) is 4.01. The molecule has 0 saturated carbocycles. The molecule has 0 aliphatic heterocycles. The molecule has 0 spiro atoms. The van der Waals surface area contributed by atoms with Gasteiger partial charge in [-0.2, -0.15) is 9.41 Å². The highest BCUT2D eigenvalue weighted by Gasteiger charge is 2.30. The van der Waals surface area contributed by atoms with E-state index in [0.29, 0.717) is 34.8 Å². The zero-order chi connectivity index (χ0) is 27.7. The Hall–Kier alpha value is -3.95. The Kier molecular flexibility index (Phi) is 9.81. The number of sulfonamides is 1. The molecule has 200 valence electrons. The van der Waals surface area contributed by atoms with Crippen molar-refractivity contribution in [2.24, 2.45) is 5.10 Å². The highest BCUT2D eigenvalue weighted by Crippen LogP contribution is 2.28. The van der Waals surface area contributed by atoms with Crippen LogP contribution in [0.5, 0.6) is 11.5 Å². The molecule has 0 saturated heterocycles. The fourth-order valence-corrected chi connectivity index (χ4v) is 5.92. The molecule has 0 bridgehead atoms. The van der Waals surface area contributed by atoms with Crippen LogP contribution in [0.3, 0.4) is 0 Å². The van der Waals surface area contributed by atoms with Crippen molar-refractivity contribution in [2.45, 2.75) is 32.2 Å². The molecule has 0 fully saturated rings. The summed E-state index contributed by atoms with van der Waals surface area (Å²) in [4.78, 5) is 13.1. The largest absolute Gasteiger partial charge is 0.493 e. The lowest BCUT2D eigenvalue weighted by atomic mass is 10.1. The van der Waals surface area contributed by atoms with Crippen LogP contribution in [0.4, 0.5) is 0 Å². The van der Waals surface area contributed by atoms with Gasteiger partial charge in [0.05, 0.1) is 24.8 Å². The first kappa shape index (κ1) is 28.6. The Labute approximate surface area is 224 Å². The minimum atomic E-state index is -3.99. The number of hydrazone groups is 1. The van der Waals surface area contributed by atoms with Crippen LogP contribution in [0.1, 0.15) is 27.8 Å². The van der Waals surface area contributed by atoms with Crippen molar-refractivity contribution in [1.29, 1.82) is 0 Å². The molecule has 0 radical (unpaired) electrons. The topological polar surface area (TPSA) is 97.3 Å². The second kappa shape index (κ2) is 13.0. The standard InChI is InChI=1S/C29H33N3O5S/c1-6-14-37-26-13-12-25(17-27(26)36-5)18-30-31-28(33)20-32(19-24-10-8-7-9-11-24)38(34,35)29-22(3)15-21(2)16-23(29)4/h6-13,15-18H,1,14,19-20H2,2-5H3,(H,31,33)/b30-18-. The number of nitrogens with zero attached hydrogens (tertiary/aromatic N) is 2. The van der Waals surface area contributed by atoms with Crippen LogP contribution in [0.2, 0.25) is 0 Å². The number of ether oxygens (including phenoxy) is 2. The lowest BCUT2D eigenvalue weighted by Crippen LogP contribution is -2.39. The van der Waals surface area contributed by atoms with Crippen molar-refractivity contribution >= 4 is 22.1 Å². The summed E-state index contributed by atoms with van der Waals surface area (Å²) in [6.07, 6.45) is 3.08. The van der Waals surface area contributed by atoms with E-state index in [0.717, 1.165) is 11.1 Å². The molecule has 0 heterocycles. The van der Waals surface area contributed by atoms with Crippen LogP contribution in [0.15, 0.2) is 83.3 Å². The Morgan fingerprint density at radius 2 is 1.71 bits per heavy atom. The van der Waals surface area contributed by atoms with Gasteiger partial charge in [0.25, 0.3) is 5.91 Å². The molecule has 0 aliphatic carbocycles. The first-order chi connectivity index (χ1) is 18.1. The number of hydrogen-bond acceptors (Lipinski definition) is 6. The Morgan fingerprint density at radius 1 is 1.03 bits per heavy atom. The molecular weight excluding hydrogens is 502 g/mol. The van der Waals surface area contributed by atoms with Crippen LogP contribution < -0.4 is 14.9 Å². The lowest BCUT2D eigenvalue weighted by Gasteiger charge is -2.24. The minimum Gasteiger partial charge on any atom is -0.493 e. The summed E-state index contributed by atoms with van der Waals surface area (Å²) < 4.78 is 39.6. The molecule has 0 atom stereocenters. The first-order valence-corrected chi connectivity index (χ1v) is 13.4. The molecule has 0 aromatic heterocycles. The summed E-state index contributed by atoms with van der Waals surface area (Å²) in [5.74, 6) is 0.490. The van der Waals surface area contributed by atoms with E-state index in [2.05, 4.69) is 17.1 Å². The van der Waals surface area contributed by atoms with E-state index in [1.54, 1.807) is 38.1 Å². The van der Waals surface area contributed by atoms with Gasteiger partial charge in [0.1, 0.15) is 6.61 Å². The van der Waals surface area contributed by atoms with E-state index < -0.39 is 22.5 Å². The van der Waals surface area contributed by atoms with E-state index in [1.165, 1.54) is 17.6 Å². The van der Waals surface area contributed by atoms with Gasteiger partial charge in [0.2, 0.25) is 10.0 Å². The summed E-state index contributed by atoms with van der Waals surface area (Å²) in [7, 11) is -2.46. The summed E-state index contributed by atoms with van der Waals surface area (Å²) in [5.41, 5.74) is 6.09. The number of benzene rings is 3. The predicted molar refractivity (Wildman–Crippen MR) is 149 cm³/mol. The quantitative estimate of drug-likeness (QED) is 0.209. The number of hydrogen-bond donors (Lipinski definition) is 1. The molecule has 3 aromatic rings. The van der Waals surface area contributed by atoms with Crippen molar-refractivity contribution in [3.05, 3.63) is 101 Å². The second-order valence-electron chi connectivity index (χ2n) is 8.79. The molecule has 3 aromatic carbocycles. The number of aryl methyl sites for hydroxylation is 3. The van der Waals surface area contributed by atoms with Gasteiger partial charge in [-0.05, 0) is 61.2 Å². The van der Waals surface area contributed by atoms with Gasteiger partial charge >= 0.3 is 0 Å². The van der Waals surface area contributed by atoms with Crippen molar-refractivity contribution in [3.8, 4) is 11.5 Å². The van der Waals surface area contributed by atoms with E-state index in [1.807, 2.05) is 49.4 Å². The smallest absolute Gasteiger partial charge is 0.255 e. The first-order valence-electron chi connectivity index (χ1n) is 12.0. The van der Waals surface area contributed by atoms with E-state index in [4.69, 9.17) is 9.47 Å². The molecule has 9 heteroatoms. The Morgan fingerprint density at radius 3 is 2.34 bits per heavy atom. The second-order valence-corrected chi connectivity index (χ2v) is 10.7. The number of methoxy groups -OCH3 is 1. The van der Waals surface area contributed by atoms with Crippen molar-refractivity contribution in [1.82, 2.24) is 9.73 Å². The Bertz CT molecular complexity index is 1400. The normalized spacial score (nSPS) is 11.5. The van der Waals surface area contributed by atoms with Gasteiger partial charge in [-0.1, -0.05) is 60.7 Å². The highest BCUT2D eigenvalue weighted by molar-refractivity contribution is 7.89. The average molecular weight is 536 g/mol. The fraction of sp³-hybridized carbons (Fsp3) is 0.241. The van der Waals surface area contributed by atoms with E-state index in [-0.39, 0.29) is 11.4 Å². The Balaban J connectivity index is 1.80. The van der Waals surface area contributed by atoms with Gasteiger partial charge in [-0.15, -0.1) is 0 Å². The van der Waals surface area contributed by atoms with Crippen LogP contribution in [-0.2, 0) is 21.4 Å². The number of rotatable bonds is 12. The maximum Gasteiger partial charge on any atom is 0.255 e. The van der Waals surface area contributed by atoms with Crippen molar-refractivity contribution in [3.63, 3.8) is 0 Å². The zero-order valence-electron chi connectivity index (χ0n) is 22.1. The number of nitrogens with one attached hydrogen (secondary N) is 1. The molecule has 1 amide bonds. The zero-order valence-corrected chi connectivity index (χ0v) is 22.9. The third kappa shape index (κ3) is 7.30. The third-order valence-corrected chi connectivity index (χ3v) is 7.77. The molecule has 38 heavy (non-hydrogen) atoms. The fourth-order valence-electron chi connectivity index (χ4n) is 4.12. The molecule has 3 rings (SSSR count). The van der Waals surface area contributed by atoms with Crippen LogP contribution in [0.25, 0.3) is 0 Å². The van der Waals surface area contributed by atoms with Crippen molar-refractivity contribution in [2.75, 3.05) is 20.3 Å². The molecule has 0 aliphatic rings. The monoisotopic (exact) mass is 535 g/mol. The van der Waals surface area contributed by atoms with Crippen molar-refractivity contribution < 1.29 is 22.7 Å². The van der Waals surface area contributed by atoms with E-state index in [9.17, 15) is 13.2 Å². The molecule has 0 unspecified atom stereocenters. The van der Waals surface area contributed by atoms with E-state index >= 15 is 0 Å². The maximum absolute atomic E-state index is 13.8. The molecular formula is C29H33N3O5S. The number of amides is 1. The third-order valence-electron chi connectivity index (χ3n) is 5.67. The predicted octanol–water partition coefficient (Wildman–Crippen LogP) is 4.53. The number of carbonyl (C=O) groups excluding carboxylic acids is 1. The van der Waals surface area contributed by atoms with Crippen LogP contribution in [0, 0.1) is 20.8 Å². The van der Waals surface area contributed by atoms with Gasteiger partial charge in [-0.25, -0.2) is 13.8 Å². The average Bonchev–Trinajstić information content (AvgIpc) is 2.87. The van der Waals surface area contributed by atoms with Crippen LogP contribution in [-0.4, -0.2) is 45.1 Å². The molecule has 1 N–H and O–H groups in total. The van der Waals surface area contributed by atoms with Gasteiger partial charge < -0.3 is 9.47 Å². The van der Waals surface area contributed by atoms with Crippen LogP contribution >= 0.6 is 0 Å². The lowest BCUT2D eigenvalue weighted by molar-refractivity contribution is -0.121. The summed E-state index contributed by atoms with van der Waals surface area (Å²) >= 11 is 0. The highest BCUT2D eigenvalue weighted by atomic mass is 32.2. The SMILES string of the molecule is C=CCOc1ccc(/C=N\NC(=O)CN(Cc2ccccc2)S(=O)(=O)c2c(C)cc(C)cc2C)cc1OC. The van der Waals surface area contributed by atoms with Gasteiger partial charge in [-0.3, -0.25) is 4.79 Å².